The number of nitrogens with two attached hydrogens (primary N) is 3. The van der Waals surface area contributed by atoms with Gasteiger partial charge in [0.25, 0.3) is 5.91 Å². The van der Waals surface area contributed by atoms with Gasteiger partial charge in [-0.1, -0.05) is 66.7 Å². The fourth-order valence-electron chi connectivity index (χ4n) is 6.81. The highest BCUT2D eigenvalue weighted by atomic mass is 16.4. The molecule has 0 aliphatic carbocycles. The highest BCUT2D eigenvalue weighted by molar-refractivity contribution is 6.07. The highest BCUT2D eigenvalue weighted by Gasteiger charge is 2.35. The number of hydrogen-bond donors (Lipinski definition) is 9. The first-order valence-corrected chi connectivity index (χ1v) is 18.5. The lowest BCUT2D eigenvalue weighted by molar-refractivity contribution is -0.143. The van der Waals surface area contributed by atoms with Gasteiger partial charge in [0, 0.05) is 49.1 Å². The van der Waals surface area contributed by atoms with Crippen LogP contribution in [0.15, 0.2) is 84.0 Å². The minimum Gasteiger partial charge on any atom is -0.481 e. The molecule has 18 heteroatoms. The number of rotatable bonds is 9. The Bertz CT molecular complexity index is 2220. The number of nitrogens with zero attached hydrogens (tertiary/aromatic N) is 2. The van der Waals surface area contributed by atoms with E-state index in [1.54, 1.807) is 72.9 Å². The molecule has 1 aliphatic rings. The summed E-state index contributed by atoms with van der Waals surface area (Å²) < 4.78 is 0. The molecule has 1 aliphatic heterocycles. The van der Waals surface area contributed by atoms with Crippen molar-refractivity contribution < 1.29 is 38.7 Å². The monoisotopic (exact) mass is 794 g/mol. The van der Waals surface area contributed by atoms with E-state index in [0.717, 1.165) is 4.90 Å². The molecule has 0 spiro atoms. The Labute approximate surface area is 333 Å². The topological polar surface area (TPSA) is 297 Å². The number of benzene rings is 3. The average molecular weight is 795 g/mol. The van der Waals surface area contributed by atoms with Crippen LogP contribution in [0, 0.1) is 0 Å². The maximum absolute atomic E-state index is 14.3. The Morgan fingerprint density at radius 2 is 1.50 bits per heavy atom. The van der Waals surface area contributed by atoms with Crippen LogP contribution >= 0.6 is 0 Å². The number of hydrogen-bond acceptors (Lipinski definition) is 8. The molecule has 0 radical (unpaired) electrons. The fraction of sp³-hybridized carbons (Fsp3) is 0.300. The highest BCUT2D eigenvalue weighted by Crippen LogP contribution is 2.33. The second-order valence-corrected chi connectivity index (χ2v) is 13.8. The van der Waals surface area contributed by atoms with E-state index in [0.29, 0.717) is 33.2 Å². The molecule has 4 bridgehead atoms. The zero-order valence-electron chi connectivity index (χ0n) is 31.7. The Kier molecular flexibility index (Phi) is 13.8. The van der Waals surface area contributed by atoms with E-state index in [1.807, 2.05) is 6.07 Å². The third-order valence-corrected chi connectivity index (χ3v) is 9.74. The van der Waals surface area contributed by atoms with Crippen molar-refractivity contribution in [3.63, 3.8) is 0 Å². The van der Waals surface area contributed by atoms with Crippen molar-refractivity contribution in [2.24, 2.45) is 22.2 Å². The summed E-state index contributed by atoms with van der Waals surface area (Å²) in [7, 11) is 1.38. The average Bonchev–Trinajstić information content (AvgIpc) is 3.61. The number of carbonyl (C=O) groups excluding carboxylic acids is 6. The number of para-hydroxylation sites is 1. The van der Waals surface area contributed by atoms with Gasteiger partial charge in [-0.05, 0) is 35.6 Å². The van der Waals surface area contributed by atoms with Gasteiger partial charge < -0.3 is 53.5 Å². The first kappa shape index (κ1) is 41.9. The first-order valence-electron chi connectivity index (χ1n) is 18.5. The van der Waals surface area contributed by atoms with Gasteiger partial charge in [-0.2, -0.15) is 0 Å². The smallest absolute Gasteiger partial charge is 0.305 e. The molecule has 0 saturated carbocycles. The number of aromatic nitrogens is 1. The van der Waals surface area contributed by atoms with Crippen molar-refractivity contribution in [2.75, 3.05) is 20.1 Å². The molecule has 12 N–H and O–H groups in total. The Hall–Kier alpha value is -7.24. The predicted molar refractivity (Wildman–Crippen MR) is 214 cm³/mol. The lowest BCUT2D eigenvalue weighted by Gasteiger charge is -2.31. The number of aliphatic imine (C=N–C) groups is 1. The zero-order valence-corrected chi connectivity index (χ0v) is 31.7. The minimum absolute atomic E-state index is 0.0382. The summed E-state index contributed by atoms with van der Waals surface area (Å²) in [5.41, 5.74) is 20.1. The number of H-pyrrole nitrogens is 1. The number of aromatic amines is 1. The molecule has 2 heterocycles. The van der Waals surface area contributed by atoms with Crippen LogP contribution in [0.4, 0.5) is 0 Å². The molecule has 304 valence electrons. The van der Waals surface area contributed by atoms with Gasteiger partial charge in [0.2, 0.25) is 29.5 Å². The standard InChI is InChI=1S/C40H46N10O8/c1-50-31(35(41)54)18-23-20-45-34-24(23)13-7-14-26(34)25-11-5-6-12-27(25)36(55)48-28(15-8-16-44-40(42)43)37(56)46-21-32(51)47-29(19-33(52)53)38(57)49-30(39(50)58)17-22-9-3-2-4-10-22/h2-7,9-14,20,28-31,45H,8,15-19,21H2,1H3,(H2,41,54)(H,46,56)(H,47,51)(H,48,55)(H,49,57)(H,52,53)(H4,42,43,44)/t28-,29-,30-,31+/m0/s1. The fourth-order valence-corrected chi connectivity index (χ4v) is 6.81. The first-order chi connectivity index (χ1) is 27.7. The summed E-state index contributed by atoms with van der Waals surface area (Å²) >= 11 is 0. The van der Waals surface area contributed by atoms with Gasteiger partial charge in [0.1, 0.15) is 24.2 Å². The van der Waals surface area contributed by atoms with Crippen molar-refractivity contribution in [1.82, 2.24) is 31.2 Å². The molecule has 3 aromatic carbocycles. The summed E-state index contributed by atoms with van der Waals surface area (Å²) in [6, 6.07) is 15.4. The van der Waals surface area contributed by atoms with Crippen LogP contribution in [0.25, 0.3) is 22.0 Å². The van der Waals surface area contributed by atoms with Crippen LogP contribution in [0.5, 0.6) is 0 Å². The quantitative estimate of drug-likeness (QED) is 0.0603. The van der Waals surface area contributed by atoms with Crippen LogP contribution in [0.1, 0.15) is 40.7 Å². The van der Waals surface area contributed by atoms with E-state index in [1.165, 1.54) is 7.05 Å². The van der Waals surface area contributed by atoms with Gasteiger partial charge in [-0.3, -0.25) is 38.6 Å². The van der Waals surface area contributed by atoms with E-state index in [9.17, 15) is 38.7 Å². The third-order valence-electron chi connectivity index (χ3n) is 9.74. The molecule has 4 aromatic rings. The summed E-state index contributed by atoms with van der Waals surface area (Å²) in [6.45, 7) is -0.561. The number of carbonyl (C=O) groups is 7. The van der Waals surface area contributed by atoms with Crippen LogP contribution in [-0.4, -0.2) is 107 Å². The number of aliphatic carboxylic acids is 1. The van der Waals surface area contributed by atoms with E-state index in [-0.39, 0.29) is 43.8 Å². The molecule has 0 unspecified atom stereocenters. The maximum Gasteiger partial charge on any atom is 0.305 e. The normalized spacial score (nSPS) is 19.7. The van der Waals surface area contributed by atoms with Crippen molar-refractivity contribution >= 4 is 58.3 Å². The Balaban J connectivity index is 1.59. The van der Waals surface area contributed by atoms with Gasteiger partial charge >= 0.3 is 5.97 Å². The summed E-state index contributed by atoms with van der Waals surface area (Å²) in [5, 5.41) is 20.4. The molecule has 1 aromatic heterocycles. The van der Waals surface area contributed by atoms with E-state index in [2.05, 4.69) is 31.2 Å². The number of primary amides is 1. The summed E-state index contributed by atoms with van der Waals surface area (Å²) in [6.07, 6.45) is 1.04. The lowest BCUT2D eigenvalue weighted by Crippen LogP contribution is -2.58. The molecule has 4 atom stereocenters. The Morgan fingerprint density at radius 3 is 2.19 bits per heavy atom. The van der Waals surface area contributed by atoms with Gasteiger partial charge in [0.15, 0.2) is 5.96 Å². The lowest BCUT2D eigenvalue weighted by atomic mass is 9.95. The number of carboxylic acids is 1. The molecule has 0 saturated heterocycles. The van der Waals surface area contributed by atoms with Crippen LogP contribution in [0.3, 0.4) is 0 Å². The largest absolute Gasteiger partial charge is 0.481 e. The van der Waals surface area contributed by atoms with Gasteiger partial charge in [-0.25, -0.2) is 0 Å². The van der Waals surface area contributed by atoms with E-state index >= 15 is 0 Å². The molecule has 0 fully saturated rings. The van der Waals surface area contributed by atoms with Crippen molar-refractivity contribution in [1.29, 1.82) is 0 Å². The van der Waals surface area contributed by atoms with E-state index in [4.69, 9.17) is 17.2 Å². The number of nitrogens with one attached hydrogen (secondary N) is 5. The molecular weight excluding hydrogens is 749 g/mol. The van der Waals surface area contributed by atoms with Gasteiger partial charge in [0.05, 0.1) is 18.5 Å². The number of fused-ring (bicyclic) bond motifs is 2. The number of carboxylic acid groups (broad SMARTS) is 1. The maximum atomic E-state index is 14.3. The zero-order chi connectivity index (χ0) is 41.9. The third kappa shape index (κ3) is 10.5. The van der Waals surface area contributed by atoms with Crippen molar-refractivity contribution in [2.45, 2.75) is 56.3 Å². The summed E-state index contributed by atoms with van der Waals surface area (Å²) in [5.74, 6) is -6.41. The number of guanidine groups is 1. The number of amides is 6. The Morgan fingerprint density at radius 1 is 0.810 bits per heavy atom. The van der Waals surface area contributed by atoms with Crippen LogP contribution in [-0.2, 0) is 41.6 Å². The van der Waals surface area contributed by atoms with Crippen molar-refractivity contribution in [3.05, 3.63) is 95.7 Å². The van der Waals surface area contributed by atoms with E-state index < -0.39 is 78.5 Å². The predicted octanol–water partition coefficient (Wildman–Crippen LogP) is -0.341. The molecule has 5 rings (SSSR count). The summed E-state index contributed by atoms with van der Waals surface area (Å²) in [4.78, 5) is 102. The molecule has 6 amide bonds. The molecule has 18 nitrogen and oxygen atoms in total. The van der Waals surface area contributed by atoms with Crippen molar-refractivity contribution in [3.8, 4) is 11.1 Å². The number of likely N-dealkylation sites (N-methyl/N-ethyl adjacent to an activating group) is 1. The molecular formula is C40H46N10O8. The minimum atomic E-state index is -1.69. The van der Waals surface area contributed by atoms with Crippen LogP contribution in [0.2, 0.25) is 0 Å². The molecule has 58 heavy (non-hydrogen) atoms. The second-order valence-electron chi connectivity index (χ2n) is 13.8. The van der Waals surface area contributed by atoms with Gasteiger partial charge in [-0.15, -0.1) is 0 Å². The SMILES string of the molecule is CN1C(=O)[C@H](Cc2ccccc2)NC(=O)[C@H](CC(=O)O)NC(=O)CNC(=O)[C@H](CCCN=C(N)N)NC(=O)c2ccccc2-c2cccc3c(c[nH]c23)C[C@@H]1C(N)=O. The second kappa shape index (κ2) is 19.1. The van der Waals surface area contributed by atoms with Crippen LogP contribution < -0.4 is 38.5 Å².